The molecule has 0 fully saturated rings. The van der Waals surface area contributed by atoms with Gasteiger partial charge in [-0.05, 0) is 47.5 Å². The molecule has 148 valence electrons. The van der Waals surface area contributed by atoms with Gasteiger partial charge in [0, 0.05) is 9.92 Å². The maximum Gasteiger partial charge on any atom is 0.222 e. The quantitative estimate of drug-likeness (QED) is 0.539. The SMILES string of the molecule is O=S(Cc1ccc(C2COC(c3c(F)cccc3F)=N2)cc1)c1ccc(Cl)cc1. The van der Waals surface area contributed by atoms with Gasteiger partial charge >= 0.3 is 0 Å². The molecule has 0 saturated carbocycles. The Hall–Kier alpha value is -2.57. The molecule has 0 spiro atoms. The Morgan fingerprint density at radius 3 is 2.31 bits per heavy atom. The third-order valence-corrected chi connectivity index (χ3v) is 6.21. The second-order valence-electron chi connectivity index (χ2n) is 6.54. The van der Waals surface area contributed by atoms with Gasteiger partial charge in [-0.2, -0.15) is 0 Å². The molecule has 0 saturated heterocycles. The zero-order chi connectivity index (χ0) is 20.4. The first-order valence-corrected chi connectivity index (χ1v) is 10.6. The molecule has 3 aromatic rings. The van der Waals surface area contributed by atoms with Gasteiger partial charge in [-0.25, -0.2) is 13.8 Å². The van der Waals surface area contributed by atoms with Crippen molar-refractivity contribution in [2.75, 3.05) is 6.61 Å². The molecular weight excluding hydrogens is 416 g/mol. The smallest absolute Gasteiger partial charge is 0.222 e. The summed E-state index contributed by atoms with van der Waals surface area (Å²) >= 11 is 5.86. The first kappa shape index (κ1) is 19.7. The number of hydrogen-bond acceptors (Lipinski definition) is 3. The molecule has 0 bridgehead atoms. The first-order chi connectivity index (χ1) is 14.0. The third kappa shape index (κ3) is 4.38. The molecule has 3 aromatic carbocycles. The second kappa shape index (κ2) is 8.43. The third-order valence-electron chi connectivity index (χ3n) is 4.57. The molecule has 0 aromatic heterocycles. The fourth-order valence-corrected chi connectivity index (χ4v) is 4.27. The maximum absolute atomic E-state index is 13.9. The normalized spacial score (nSPS) is 16.9. The van der Waals surface area contributed by atoms with Crippen LogP contribution < -0.4 is 0 Å². The fraction of sp³-hybridized carbons (Fsp3) is 0.136. The predicted octanol–water partition coefficient (Wildman–Crippen LogP) is 5.44. The topological polar surface area (TPSA) is 38.7 Å². The van der Waals surface area contributed by atoms with Gasteiger partial charge in [0.15, 0.2) is 0 Å². The Labute approximate surface area is 174 Å². The van der Waals surface area contributed by atoms with Crippen molar-refractivity contribution < 1.29 is 17.7 Å². The van der Waals surface area contributed by atoms with E-state index in [1.807, 2.05) is 24.3 Å². The molecule has 2 atom stereocenters. The number of halogens is 3. The van der Waals surface area contributed by atoms with Gasteiger partial charge in [-0.3, -0.25) is 4.21 Å². The van der Waals surface area contributed by atoms with E-state index in [1.54, 1.807) is 24.3 Å². The summed E-state index contributed by atoms with van der Waals surface area (Å²) in [6.07, 6.45) is 0. The van der Waals surface area contributed by atoms with Crippen molar-refractivity contribution in [3.63, 3.8) is 0 Å². The Kier molecular flexibility index (Phi) is 5.74. The van der Waals surface area contributed by atoms with E-state index in [-0.39, 0.29) is 24.1 Å². The van der Waals surface area contributed by atoms with Crippen molar-refractivity contribution in [3.8, 4) is 0 Å². The van der Waals surface area contributed by atoms with Crippen LogP contribution in [-0.4, -0.2) is 16.7 Å². The molecular formula is C22H16ClF2NO2S. The largest absolute Gasteiger partial charge is 0.475 e. The van der Waals surface area contributed by atoms with Gasteiger partial charge in [-0.1, -0.05) is 41.9 Å². The summed E-state index contributed by atoms with van der Waals surface area (Å²) in [5.41, 5.74) is 1.52. The van der Waals surface area contributed by atoms with Gasteiger partial charge in [0.25, 0.3) is 0 Å². The van der Waals surface area contributed by atoms with E-state index in [1.165, 1.54) is 18.2 Å². The summed E-state index contributed by atoms with van der Waals surface area (Å²) in [4.78, 5) is 5.05. The number of ether oxygens (including phenoxy) is 1. The molecule has 0 N–H and O–H groups in total. The number of benzene rings is 3. The van der Waals surface area contributed by atoms with Gasteiger partial charge in [0.2, 0.25) is 5.90 Å². The fourth-order valence-electron chi connectivity index (χ4n) is 3.04. The van der Waals surface area contributed by atoms with Crippen molar-refractivity contribution in [3.05, 3.63) is 100 Å². The lowest BCUT2D eigenvalue weighted by Crippen LogP contribution is -2.07. The summed E-state index contributed by atoms with van der Waals surface area (Å²) < 4.78 is 45.8. The minimum atomic E-state index is -1.18. The van der Waals surface area contributed by atoms with Crippen LogP contribution in [0.3, 0.4) is 0 Å². The van der Waals surface area contributed by atoms with E-state index in [0.717, 1.165) is 11.1 Å². The van der Waals surface area contributed by atoms with Crippen molar-refractivity contribution in [2.45, 2.75) is 16.7 Å². The summed E-state index contributed by atoms with van der Waals surface area (Å²) in [7, 11) is -1.18. The Bertz CT molecular complexity index is 1060. The van der Waals surface area contributed by atoms with Crippen molar-refractivity contribution in [2.24, 2.45) is 4.99 Å². The zero-order valence-electron chi connectivity index (χ0n) is 15.1. The highest BCUT2D eigenvalue weighted by molar-refractivity contribution is 7.84. The van der Waals surface area contributed by atoms with Crippen LogP contribution in [0.1, 0.15) is 22.7 Å². The van der Waals surface area contributed by atoms with Crippen molar-refractivity contribution >= 4 is 28.3 Å². The minimum absolute atomic E-state index is 0.0291. The molecule has 1 aliphatic rings. The number of aliphatic imine (C=N–C) groups is 1. The molecule has 7 heteroatoms. The number of nitrogens with zero attached hydrogens (tertiary/aromatic N) is 1. The standard InChI is InChI=1S/C22H16ClF2NO2S/c23-16-8-10-17(11-9-16)29(27)13-14-4-6-15(7-5-14)20-12-28-22(26-20)21-18(24)2-1-3-19(21)25/h1-11,20H,12-13H2. The second-order valence-corrected chi connectivity index (χ2v) is 8.43. The van der Waals surface area contributed by atoms with Crippen LogP contribution in [-0.2, 0) is 21.3 Å². The van der Waals surface area contributed by atoms with Gasteiger partial charge < -0.3 is 4.74 Å². The lowest BCUT2D eigenvalue weighted by atomic mass is 10.1. The monoisotopic (exact) mass is 431 g/mol. The highest BCUT2D eigenvalue weighted by atomic mass is 35.5. The van der Waals surface area contributed by atoms with Crippen molar-refractivity contribution in [1.29, 1.82) is 0 Å². The lowest BCUT2D eigenvalue weighted by Gasteiger charge is -2.07. The molecule has 0 radical (unpaired) electrons. The van der Waals surface area contributed by atoms with E-state index in [0.29, 0.717) is 15.7 Å². The average molecular weight is 432 g/mol. The molecule has 1 heterocycles. The zero-order valence-corrected chi connectivity index (χ0v) is 16.7. The first-order valence-electron chi connectivity index (χ1n) is 8.89. The van der Waals surface area contributed by atoms with E-state index in [9.17, 15) is 13.0 Å². The Morgan fingerprint density at radius 2 is 1.66 bits per heavy atom. The van der Waals surface area contributed by atoms with Crippen LogP contribution in [0.4, 0.5) is 8.78 Å². The van der Waals surface area contributed by atoms with Crippen LogP contribution >= 0.6 is 11.6 Å². The molecule has 2 unspecified atom stereocenters. The van der Waals surface area contributed by atoms with Gasteiger partial charge in [-0.15, -0.1) is 0 Å². The summed E-state index contributed by atoms with van der Waals surface area (Å²) in [5, 5.41) is 0.601. The molecule has 4 rings (SSSR count). The van der Waals surface area contributed by atoms with Crippen molar-refractivity contribution in [1.82, 2.24) is 0 Å². The lowest BCUT2D eigenvalue weighted by molar-refractivity contribution is 0.317. The maximum atomic E-state index is 13.9. The summed E-state index contributed by atoms with van der Waals surface area (Å²) in [5.74, 6) is -1.06. The van der Waals surface area contributed by atoms with E-state index in [2.05, 4.69) is 4.99 Å². The Morgan fingerprint density at radius 1 is 1.00 bits per heavy atom. The van der Waals surface area contributed by atoms with Crippen LogP contribution in [0.2, 0.25) is 5.02 Å². The summed E-state index contributed by atoms with van der Waals surface area (Å²) in [6.45, 7) is 0.207. The highest BCUT2D eigenvalue weighted by Crippen LogP contribution is 2.27. The van der Waals surface area contributed by atoms with Crippen LogP contribution in [0.25, 0.3) is 0 Å². The van der Waals surface area contributed by atoms with Gasteiger partial charge in [0.05, 0.1) is 16.6 Å². The molecule has 3 nitrogen and oxygen atoms in total. The predicted molar refractivity (Wildman–Crippen MR) is 110 cm³/mol. The average Bonchev–Trinajstić information content (AvgIpc) is 3.18. The minimum Gasteiger partial charge on any atom is -0.475 e. The van der Waals surface area contributed by atoms with Crippen LogP contribution in [0.15, 0.2) is 76.6 Å². The van der Waals surface area contributed by atoms with E-state index >= 15 is 0 Å². The molecule has 29 heavy (non-hydrogen) atoms. The highest BCUT2D eigenvalue weighted by Gasteiger charge is 2.26. The Balaban J connectivity index is 1.48. The van der Waals surface area contributed by atoms with Gasteiger partial charge in [0.1, 0.15) is 29.8 Å². The van der Waals surface area contributed by atoms with Crippen LogP contribution in [0.5, 0.6) is 0 Å². The van der Waals surface area contributed by atoms with E-state index in [4.69, 9.17) is 16.3 Å². The molecule has 0 amide bonds. The van der Waals surface area contributed by atoms with Crippen LogP contribution in [0, 0.1) is 11.6 Å². The molecule has 0 aliphatic carbocycles. The molecule has 1 aliphatic heterocycles. The number of hydrogen-bond donors (Lipinski definition) is 0. The number of rotatable bonds is 5. The van der Waals surface area contributed by atoms with E-state index < -0.39 is 22.4 Å². The summed E-state index contributed by atoms with van der Waals surface area (Å²) in [6, 6.07) is 17.7.